The van der Waals surface area contributed by atoms with Gasteiger partial charge in [0.05, 0.1) is 23.2 Å². The van der Waals surface area contributed by atoms with Crippen molar-refractivity contribution in [2.75, 3.05) is 5.32 Å². The summed E-state index contributed by atoms with van der Waals surface area (Å²) in [5, 5.41) is 13.2. The van der Waals surface area contributed by atoms with E-state index in [0.717, 1.165) is 30.4 Å². The van der Waals surface area contributed by atoms with Gasteiger partial charge in [-0.05, 0) is 23.6 Å². The van der Waals surface area contributed by atoms with Gasteiger partial charge < -0.3 is 10.4 Å². The summed E-state index contributed by atoms with van der Waals surface area (Å²) in [4.78, 5) is 11.3. The number of hydrogen-bond acceptors (Lipinski definition) is 2. The molecule has 1 amide bonds. The van der Waals surface area contributed by atoms with Crippen molar-refractivity contribution in [3.8, 4) is 0 Å². The predicted octanol–water partition coefficient (Wildman–Crippen LogP) is 3.06. The normalized spacial score (nSPS) is 15.6. The minimum atomic E-state index is -0.492. The third kappa shape index (κ3) is 2.61. The summed E-state index contributed by atoms with van der Waals surface area (Å²) in [5.41, 5.74) is 2.38. The number of hydrogen-bond donors (Lipinski definition) is 2. The van der Waals surface area contributed by atoms with E-state index in [-0.39, 0.29) is 5.91 Å². The Kier molecular flexibility index (Phi) is 3.69. The lowest BCUT2D eigenvalue weighted by Gasteiger charge is -2.12. The lowest BCUT2D eigenvalue weighted by molar-refractivity contribution is -0.115. The van der Waals surface area contributed by atoms with Crippen molar-refractivity contribution >= 4 is 23.2 Å². The van der Waals surface area contributed by atoms with Gasteiger partial charge >= 0.3 is 0 Å². The SMILES string of the molecule is CCCCC(O)c1cc(Cl)c2c(c1)CC(=O)N2. The lowest BCUT2D eigenvalue weighted by atomic mass is 10.0. The van der Waals surface area contributed by atoms with E-state index in [0.29, 0.717) is 17.1 Å². The first-order valence-corrected chi connectivity index (χ1v) is 6.30. The molecule has 1 aromatic rings. The van der Waals surface area contributed by atoms with E-state index < -0.39 is 6.10 Å². The minimum Gasteiger partial charge on any atom is -0.388 e. The summed E-state index contributed by atoms with van der Waals surface area (Å²) < 4.78 is 0. The van der Waals surface area contributed by atoms with Crippen LogP contribution in [0, 0.1) is 0 Å². The molecule has 17 heavy (non-hydrogen) atoms. The number of amides is 1. The molecule has 92 valence electrons. The highest BCUT2D eigenvalue weighted by Gasteiger charge is 2.22. The summed E-state index contributed by atoms with van der Waals surface area (Å²) in [7, 11) is 0. The number of carbonyl (C=O) groups is 1. The fourth-order valence-corrected chi connectivity index (χ4v) is 2.37. The number of nitrogens with one attached hydrogen (secondary N) is 1. The van der Waals surface area contributed by atoms with Crippen molar-refractivity contribution in [3.05, 3.63) is 28.3 Å². The van der Waals surface area contributed by atoms with Gasteiger partial charge in [-0.25, -0.2) is 0 Å². The first-order chi connectivity index (χ1) is 8.11. The highest BCUT2D eigenvalue weighted by molar-refractivity contribution is 6.34. The number of anilines is 1. The van der Waals surface area contributed by atoms with Crippen LogP contribution < -0.4 is 5.32 Å². The molecular formula is C13H16ClNO2. The van der Waals surface area contributed by atoms with Crippen molar-refractivity contribution < 1.29 is 9.90 Å². The van der Waals surface area contributed by atoms with E-state index >= 15 is 0 Å². The monoisotopic (exact) mass is 253 g/mol. The molecule has 0 saturated carbocycles. The van der Waals surface area contributed by atoms with Crippen LogP contribution in [0.3, 0.4) is 0 Å². The zero-order valence-corrected chi connectivity index (χ0v) is 10.5. The van der Waals surface area contributed by atoms with Gasteiger partial charge in [0.15, 0.2) is 0 Å². The third-order valence-electron chi connectivity index (χ3n) is 3.03. The molecule has 1 aromatic carbocycles. The largest absolute Gasteiger partial charge is 0.388 e. The number of rotatable bonds is 4. The molecule has 2 N–H and O–H groups in total. The molecule has 0 spiro atoms. The molecular weight excluding hydrogens is 238 g/mol. The fraction of sp³-hybridized carbons (Fsp3) is 0.462. The first kappa shape index (κ1) is 12.4. The fourth-order valence-electron chi connectivity index (χ4n) is 2.08. The number of carbonyl (C=O) groups excluding carboxylic acids is 1. The number of benzene rings is 1. The Balaban J connectivity index is 2.23. The zero-order valence-electron chi connectivity index (χ0n) is 9.79. The van der Waals surface area contributed by atoms with Gasteiger partial charge in [0.1, 0.15) is 0 Å². The Morgan fingerprint density at radius 2 is 2.29 bits per heavy atom. The second-order valence-electron chi connectivity index (χ2n) is 4.42. The Hall–Kier alpha value is -1.06. The maximum atomic E-state index is 11.3. The second-order valence-corrected chi connectivity index (χ2v) is 4.83. The van der Waals surface area contributed by atoms with Crippen molar-refractivity contribution in [1.82, 2.24) is 0 Å². The molecule has 0 saturated heterocycles. The van der Waals surface area contributed by atoms with Gasteiger partial charge in [0.25, 0.3) is 0 Å². The molecule has 1 aliphatic rings. The summed E-state index contributed by atoms with van der Waals surface area (Å²) in [6.45, 7) is 2.09. The summed E-state index contributed by atoms with van der Waals surface area (Å²) in [6, 6.07) is 3.62. The maximum Gasteiger partial charge on any atom is 0.228 e. The molecule has 1 heterocycles. The molecule has 3 nitrogen and oxygen atoms in total. The predicted molar refractivity (Wildman–Crippen MR) is 68.3 cm³/mol. The standard InChI is InChI=1S/C13H16ClNO2/c1-2-3-4-11(16)8-5-9-7-12(17)15-13(9)10(14)6-8/h5-6,11,16H,2-4,7H2,1H3,(H,15,17). The number of aliphatic hydroxyl groups excluding tert-OH is 1. The molecule has 0 aliphatic carbocycles. The van der Waals surface area contributed by atoms with E-state index in [2.05, 4.69) is 12.2 Å². The molecule has 0 fully saturated rings. The molecule has 0 bridgehead atoms. The van der Waals surface area contributed by atoms with Crippen LogP contribution in [0.2, 0.25) is 5.02 Å². The van der Waals surface area contributed by atoms with Crippen LogP contribution in [0.25, 0.3) is 0 Å². The van der Waals surface area contributed by atoms with E-state index in [9.17, 15) is 9.90 Å². The lowest BCUT2D eigenvalue weighted by Crippen LogP contribution is -2.03. The molecule has 1 unspecified atom stereocenters. The number of aliphatic hydroxyl groups is 1. The van der Waals surface area contributed by atoms with Gasteiger partial charge in [0.2, 0.25) is 5.91 Å². The van der Waals surface area contributed by atoms with E-state index in [1.54, 1.807) is 6.07 Å². The van der Waals surface area contributed by atoms with Crippen LogP contribution >= 0.6 is 11.6 Å². The highest BCUT2D eigenvalue weighted by atomic mass is 35.5. The summed E-state index contributed by atoms with van der Waals surface area (Å²) in [6.07, 6.45) is 2.62. The zero-order chi connectivity index (χ0) is 12.4. The van der Waals surface area contributed by atoms with E-state index in [1.807, 2.05) is 6.07 Å². The molecule has 1 atom stereocenters. The smallest absolute Gasteiger partial charge is 0.228 e. The van der Waals surface area contributed by atoms with Crippen LogP contribution in [0.1, 0.15) is 43.4 Å². The third-order valence-corrected chi connectivity index (χ3v) is 3.32. The molecule has 2 rings (SSSR count). The Morgan fingerprint density at radius 3 is 3.00 bits per heavy atom. The Labute approximate surface area is 106 Å². The van der Waals surface area contributed by atoms with E-state index in [1.165, 1.54) is 0 Å². The first-order valence-electron chi connectivity index (χ1n) is 5.92. The summed E-state index contributed by atoms with van der Waals surface area (Å²) >= 11 is 6.09. The van der Waals surface area contributed by atoms with Crippen LogP contribution in [-0.2, 0) is 11.2 Å². The van der Waals surface area contributed by atoms with Gasteiger partial charge in [0, 0.05) is 0 Å². The molecule has 0 radical (unpaired) electrons. The van der Waals surface area contributed by atoms with Crippen LogP contribution in [-0.4, -0.2) is 11.0 Å². The molecule has 0 aromatic heterocycles. The van der Waals surface area contributed by atoms with Crippen molar-refractivity contribution in [1.29, 1.82) is 0 Å². The molecule has 1 aliphatic heterocycles. The summed E-state index contributed by atoms with van der Waals surface area (Å²) in [5.74, 6) is -0.0397. The van der Waals surface area contributed by atoms with Gasteiger partial charge in [-0.3, -0.25) is 4.79 Å². The average Bonchev–Trinajstić information content (AvgIpc) is 2.67. The van der Waals surface area contributed by atoms with Crippen molar-refractivity contribution in [2.45, 2.75) is 38.7 Å². The van der Waals surface area contributed by atoms with Gasteiger partial charge in [-0.1, -0.05) is 37.4 Å². The van der Waals surface area contributed by atoms with Crippen molar-refractivity contribution in [2.24, 2.45) is 0 Å². The Morgan fingerprint density at radius 1 is 1.53 bits per heavy atom. The topological polar surface area (TPSA) is 49.3 Å². The van der Waals surface area contributed by atoms with Crippen LogP contribution in [0.15, 0.2) is 12.1 Å². The quantitative estimate of drug-likeness (QED) is 0.867. The highest BCUT2D eigenvalue weighted by Crippen LogP contribution is 2.35. The molecule has 4 heteroatoms. The van der Waals surface area contributed by atoms with Gasteiger partial charge in [-0.2, -0.15) is 0 Å². The number of unbranched alkanes of at least 4 members (excludes halogenated alkanes) is 1. The number of halogens is 1. The number of fused-ring (bicyclic) bond motifs is 1. The maximum absolute atomic E-state index is 11.3. The van der Waals surface area contributed by atoms with Crippen LogP contribution in [0.5, 0.6) is 0 Å². The Bertz CT molecular complexity index is 445. The van der Waals surface area contributed by atoms with Crippen LogP contribution in [0.4, 0.5) is 5.69 Å². The van der Waals surface area contributed by atoms with E-state index in [4.69, 9.17) is 11.6 Å². The second kappa shape index (κ2) is 5.07. The minimum absolute atomic E-state index is 0.0397. The average molecular weight is 254 g/mol. The van der Waals surface area contributed by atoms with Gasteiger partial charge in [-0.15, -0.1) is 0 Å². The van der Waals surface area contributed by atoms with Crippen molar-refractivity contribution in [3.63, 3.8) is 0 Å².